The zero-order valence-electron chi connectivity index (χ0n) is 16.6. The van der Waals surface area contributed by atoms with Gasteiger partial charge in [0, 0.05) is 25.2 Å². The molecule has 30 heavy (non-hydrogen) atoms. The molecule has 4 aromatic rings. The van der Waals surface area contributed by atoms with E-state index in [9.17, 15) is 9.18 Å². The van der Waals surface area contributed by atoms with Crippen LogP contribution in [0.15, 0.2) is 30.6 Å². The summed E-state index contributed by atoms with van der Waals surface area (Å²) in [7, 11) is 1.75. The summed E-state index contributed by atoms with van der Waals surface area (Å²) in [6.45, 7) is 2.67. The van der Waals surface area contributed by atoms with Gasteiger partial charge in [0.15, 0.2) is 5.65 Å². The van der Waals surface area contributed by atoms with E-state index in [4.69, 9.17) is 4.74 Å². The Morgan fingerprint density at radius 3 is 3.10 bits per heavy atom. The van der Waals surface area contributed by atoms with Crippen LogP contribution in [0.3, 0.4) is 0 Å². The average Bonchev–Trinajstić information content (AvgIpc) is 3.46. The number of carbonyl (C=O) groups excluding carboxylic acids is 1. The minimum Gasteiger partial charge on any atom is -0.376 e. The van der Waals surface area contributed by atoms with Crippen molar-refractivity contribution in [3.05, 3.63) is 42.0 Å². The number of aromatic amines is 1. The van der Waals surface area contributed by atoms with Crippen LogP contribution in [-0.2, 0) is 11.8 Å². The van der Waals surface area contributed by atoms with E-state index < -0.39 is 0 Å². The van der Waals surface area contributed by atoms with E-state index in [1.165, 1.54) is 12.1 Å². The van der Waals surface area contributed by atoms with Crippen LogP contribution in [0.5, 0.6) is 0 Å². The Balaban J connectivity index is 1.51. The highest BCUT2D eigenvalue weighted by Gasteiger charge is 2.25. The highest BCUT2D eigenvalue weighted by molar-refractivity contribution is 6.05. The highest BCUT2D eigenvalue weighted by atomic mass is 19.1. The molecule has 1 fully saturated rings. The fraction of sp³-hybridized carbons (Fsp3) is 0.333. The smallest absolute Gasteiger partial charge is 0.255 e. The van der Waals surface area contributed by atoms with Gasteiger partial charge in [-0.05, 0) is 38.0 Å². The lowest BCUT2D eigenvalue weighted by Gasteiger charge is -2.19. The van der Waals surface area contributed by atoms with Gasteiger partial charge in [0.2, 0.25) is 0 Å². The van der Waals surface area contributed by atoms with Gasteiger partial charge in [-0.1, -0.05) is 0 Å². The Morgan fingerprint density at radius 2 is 2.30 bits per heavy atom. The minimum atomic E-state index is -0.330. The first kappa shape index (κ1) is 18.7. The first-order valence-electron chi connectivity index (χ1n) is 9.90. The van der Waals surface area contributed by atoms with Gasteiger partial charge in [-0.3, -0.25) is 9.48 Å². The lowest BCUT2D eigenvalue weighted by Crippen LogP contribution is -2.40. The zero-order valence-corrected chi connectivity index (χ0v) is 16.6. The monoisotopic (exact) mass is 408 g/mol. The summed E-state index contributed by atoms with van der Waals surface area (Å²) in [6, 6.07) is 4.39. The normalized spacial score (nSPS) is 17.6. The summed E-state index contributed by atoms with van der Waals surface area (Å²) < 4.78 is 20.9. The molecule has 8 nitrogen and oxygen atoms in total. The third kappa shape index (κ3) is 3.11. The number of hydrogen-bond acceptors (Lipinski definition) is 5. The van der Waals surface area contributed by atoms with Gasteiger partial charge in [-0.2, -0.15) is 5.10 Å². The van der Waals surface area contributed by atoms with E-state index in [2.05, 4.69) is 25.4 Å². The third-order valence-electron chi connectivity index (χ3n) is 5.56. The Kier molecular flexibility index (Phi) is 4.47. The predicted octanol–water partition coefficient (Wildman–Crippen LogP) is 2.95. The SMILES string of the molecule is C[C@@H](NC(=O)c1c[nH]c2ncc(-c3nn(C)c4cc(F)ccc34)nc12)[C@@H]1CCCO1. The molecule has 5 rings (SSSR count). The Labute approximate surface area is 171 Å². The molecule has 154 valence electrons. The van der Waals surface area contributed by atoms with Gasteiger partial charge < -0.3 is 15.0 Å². The quantitative estimate of drug-likeness (QED) is 0.541. The average molecular weight is 408 g/mol. The third-order valence-corrected chi connectivity index (χ3v) is 5.56. The Morgan fingerprint density at radius 1 is 1.43 bits per heavy atom. The van der Waals surface area contributed by atoms with Gasteiger partial charge in [0.25, 0.3) is 5.91 Å². The van der Waals surface area contributed by atoms with Crippen molar-refractivity contribution in [3.63, 3.8) is 0 Å². The number of nitrogens with zero attached hydrogens (tertiary/aromatic N) is 4. The van der Waals surface area contributed by atoms with E-state index >= 15 is 0 Å². The van der Waals surface area contributed by atoms with E-state index in [0.717, 1.165) is 24.8 Å². The number of amides is 1. The van der Waals surface area contributed by atoms with Gasteiger partial charge in [-0.25, -0.2) is 14.4 Å². The van der Waals surface area contributed by atoms with Crippen molar-refractivity contribution in [2.45, 2.75) is 31.9 Å². The van der Waals surface area contributed by atoms with Gasteiger partial charge in [0.05, 0.1) is 29.4 Å². The van der Waals surface area contributed by atoms with Crippen molar-refractivity contribution in [1.82, 2.24) is 30.0 Å². The van der Waals surface area contributed by atoms with Gasteiger partial charge in [0.1, 0.15) is 22.7 Å². The van der Waals surface area contributed by atoms with Crippen molar-refractivity contribution in [3.8, 4) is 11.4 Å². The maximum absolute atomic E-state index is 13.6. The number of ether oxygens (including phenoxy) is 1. The molecule has 2 N–H and O–H groups in total. The van der Waals surface area contributed by atoms with E-state index in [-0.39, 0.29) is 23.9 Å². The minimum absolute atomic E-state index is 0.0288. The molecule has 2 atom stereocenters. The second kappa shape index (κ2) is 7.17. The van der Waals surface area contributed by atoms with Crippen LogP contribution in [0.1, 0.15) is 30.1 Å². The number of fused-ring (bicyclic) bond motifs is 2. The summed E-state index contributed by atoms with van der Waals surface area (Å²) in [6.07, 6.45) is 5.18. The number of halogens is 1. The van der Waals surface area contributed by atoms with Crippen LogP contribution in [0.4, 0.5) is 4.39 Å². The first-order valence-corrected chi connectivity index (χ1v) is 9.90. The molecule has 1 aliphatic rings. The standard InChI is InChI=1S/C21H21FN6O2/c1-11(17-4-3-7-30-17)25-21(29)14-9-23-20-19(14)26-15(10-24-20)18-13-6-5-12(22)8-16(13)28(2)27-18/h5-6,8-11,17H,3-4,7H2,1-2H3,(H,23,24)(H,25,29)/t11-,17+/m1/s1. The molecular weight excluding hydrogens is 387 g/mol. The number of benzene rings is 1. The molecule has 1 saturated heterocycles. The second-order valence-electron chi connectivity index (χ2n) is 7.60. The number of carbonyl (C=O) groups is 1. The molecule has 0 unspecified atom stereocenters. The Hall–Kier alpha value is -3.33. The molecule has 3 aromatic heterocycles. The van der Waals surface area contributed by atoms with Crippen LogP contribution < -0.4 is 5.32 Å². The summed E-state index contributed by atoms with van der Waals surface area (Å²) >= 11 is 0. The summed E-state index contributed by atoms with van der Waals surface area (Å²) in [5.41, 5.74) is 3.15. The summed E-state index contributed by atoms with van der Waals surface area (Å²) in [5.74, 6) is -0.563. The van der Waals surface area contributed by atoms with E-state index in [0.29, 0.717) is 33.6 Å². The number of rotatable bonds is 4. The van der Waals surface area contributed by atoms with Crippen LogP contribution >= 0.6 is 0 Å². The molecule has 0 spiro atoms. The zero-order chi connectivity index (χ0) is 20.8. The molecule has 0 saturated carbocycles. The number of H-pyrrole nitrogens is 1. The second-order valence-corrected chi connectivity index (χ2v) is 7.60. The van der Waals surface area contributed by atoms with Crippen molar-refractivity contribution >= 4 is 28.0 Å². The first-order chi connectivity index (χ1) is 14.5. The molecule has 1 aromatic carbocycles. The van der Waals surface area contributed by atoms with Crippen molar-refractivity contribution in [2.24, 2.45) is 7.05 Å². The molecule has 4 heterocycles. The number of nitrogens with one attached hydrogen (secondary N) is 2. The molecular formula is C21H21FN6O2. The van der Waals surface area contributed by atoms with Crippen LogP contribution in [-0.4, -0.2) is 49.4 Å². The molecule has 1 amide bonds. The van der Waals surface area contributed by atoms with Crippen LogP contribution in [0.25, 0.3) is 33.5 Å². The number of aryl methyl sites for hydroxylation is 1. The lowest BCUT2D eigenvalue weighted by atomic mass is 10.1. The Bertz CT molecular complexity index is 1260. The highest BCUT2D eigenvalue weighted by Crippen LogP contribution is 2.28. The van der Waals surface area contributed by atoms with Crippen molar-refractivity contribution in [2.75, 3.05) is 6.61 Å². The predicted molar refractivity (Wildman–Crippen MR) is 109 cm³/mol. The topological polar surface area (TPSA) is 97.7 Å². The summed E-state index contributed by atoms with van der Waals surface area (Å²) in [4.78, 5) is 24.9. The van der Waals surface area contributed by atoms with E-state index in [1.54, 1.807) is 30.2 Å². The molecule has 1 aliphatic heterocycles. The van der Waals surface area contributed by atoms with Crippen molar-refractivity contribution in [1.29, 1.82) is 0 Å². The largest absolute Gasteiger partial charge is 0.376 e. The number of hydrogen-bond donors (Lipinski definition) is 2. The van der Waals surface area contributed by atoms with E-state index in [1.807, 2.05) is 6.92 Å². The number of aromatic nitrogens is 5. The van der Waals surface area contributed by atoms with Gasteiger partial charge in [-0.15, -0.1) is 0 Å². The maximum Gasteiger partial charge on any atom is 0.255 e. The maximum atomic E-state index is 13.6. The molecule has 0 bridgehead atoms. The fourth-order valence-corrected chi connectivity index (χ4v) is 3.97. The lowest BCUT2D eigenvalue weighted by molar-refractivity contribution is 0.0713. The van der Waals surface area contributed by atoms with Crippen LogP contribution in [0, 0.1) is 5.82 Å². The molecule has 0 aliphatic carbocycles. The molecule has 0 radical (unpaired) electrons. The summed E-state index contributed by atoms with van der Waals surface area (Å²) in [5, 5.41) is 8.26. The van der Waals surface area contributed by atoms with Crippen molar-refractivity contribution < 1.29 is 13.9 Å². The van der Waals surface area contributed by atoms with Gasteiger partial charge >= 0.3 is 0 Å². The fourth-order valence-electron chi connectivity index (χ4n) is 3.97. The molecule has 9 heteroatoms. The van der Waals surface area contributed by atoms with Crippen LogP contribution in [0.2, 0.25) is 0 Å².